The molecule has 4 aromatic carbocycles. The first-order chi connectivity index (χ1) is 22.1. The Bertz CT molecular complexity index is 2580. The van der Waals surface area contributed by atoms with E-state index in [4.69, 9.17) is 9.97 Å². The smallest absolute Gasteiger partial charge is 0.235 e. The van der Waals surface area contributed by atoms with Crippen LogP contribution in [0, 0.1) is 0 Å². The first-order valence-corrected chi connectivity index (χ1v) is 16.9. The highest BCUT2D eigenvalue weighted by atomic mass is 32.1. The van der Waals surface area contributed by atoms with E-state index in [1.165, 1.54) is 59.1 Å². The molecule has 3 aromatic heterocycles. The molecule has 0 atom stereocenters. The third-order valence-electron chi connectivity index (χ3n) is 10.3. The number of aromatic nitrogens is 3. The van der Waals surface area contributed by atoms with Crippen LogP contribution in [0.15, 0.2) is 84.9 Å². The van der Waals surface area contributed by atoms with Gasteiger partial charge in [-0.05, 0) is 83.2 Å². The minimum absolute atomic E-state index is 0.0685. The summed E-state index contributed by atoms with van der Waals surface area (Å²) in [6.07, 6.45) is 13.5. The lowest BCUT2D eigenvalue weighted by Gasteiger charge is -2.22. The molecular weight excluding hydrogens is 567 g/mol. The first-order valence-electron chi connectivity index (χ1n) is 16.1. The highest BCUT2D eigenvalue weighted by Gasteiger charge is 2.35. The van der Waals surface area contributed by atoms with Crippen molar-refractivity contribution < 1.29 is 0 Å². The minimum atomic E-state index is -0.0685. The van der Waals surface area contributed by atoms with Gasteiger partial charge in [-0.25, -0.2) is 9.97 Å². The van der Waals surface area contributed by atoms with Crippen LogP contribution in [0.2, 0.25) is 0 Å². The van der Waals surface area contributed by atoms with E-state index in [1.54, 1.807) is 0 Å². The molecule has 0 fully saturated rings. The summed E-state index contributed by atoms with van der Waals surface area (Å²) in [5, 5.41) is 6.15. The summed E-state index contributed by atoms with van der Waals surface area (Å²) in [5.41, 5.74) is 11.4. The van der Waals surface area contributed by atoms with Crippen LogP contribution in [0.1, 0.15) is 54.7 Å². The quantitative estimate of drug-likeness (QED) is 0.199. The second-order valence-corrected chi connectivity index (χ2v) is 14.2. The normalized spacial score (nSPS) is 15.9. The van der Waals surface area contributed by atoms with Crippen LogP contribution in [0.25, 0.3) is 78.5 Å². The fourth-order valence-electron chi connectivity index (χ4n) is 8.15. The molecule has 216 valence electrons. The Hall–Kier alpha value is -4.80. The van der Waals surface area contributed by atoms with Crippen LogP contribution in [-0.2, 0) is 11.8 Å². The maximum Gasteiger partial charge on any atom is 0.235 e. The Morgan fingerprint density at radius 3 is 2.56 bits per heavy atom. The molecule has 3 aliphatic carbocycles. The topological polar surface area (TPSA) is 30.7 Å². The van der Waals surface area contributed by atoms with E-state index in [0.29, 0.717) is 0 Å². The summed E-state index contributed by atoms with van der Waals surface area (Å²) in [5.74, 6) is 0.741. The molecule has 45 heavy (non-hydrogen) atoms. The van der Waals surface area contributed by atoms with Gasteiger partial charge in [-0.2, -0.15) is 0 Å². The number of hydrogen-bond donors (Lipinski definition) is 0. The lowest BCUT2D eigenvalue weighted by molar-refractivity contribution is 0.660. The van der Waals surface area contributed by atoms with Crippen molar-refractivity contribution in [3.63, 3.8) is 0 Å². The highest BCUT2D eigenvalue weighted by molar-refractivity contribution is 7.21. The third kappa shape index (κ3) is 3.46. The molecule has 0 saturated carbocycles. The lowest BCUT2D eigenvalue weighted by Crippen LogP contribution is -2.34. The zero-order valence-corrected chi connectivity index (χ0v) is 26.2. The van der Waals surface area contributed by atoms with E-state index in [1.807, 2.05) is 11.3 Å². The molecule has 3 nitrogen and oxygen atoms in total. The average Bonchev–Trinajstić information content (AvgIpc) is 3.70. The van der Waals surface area contributed by atoms with Crippen LogP contribution in [-0.4, -0.2) is 14.5 Å². The second kappa shape index (κ2) is 9.12. The van der Waals surface area contributed by atoms with Crippen molar-refractivity contribution in [3.8, 4) is 28.3 Å². The van der Waals surface area contributed by atoms with Crippen molar-refractivity contribution in [2.45, 2.75) is 44.9 Å². The van der Waals surface area contributed by atoms with Gasteiger partial charge in [0, 0.05) is 36.5 Å². The predicted molar refractivity (Wildman–Crippen MR) is 190 cm³/mol. The molecule has 7 aromatic rings. The summed E-state index contributed by atoms with van der Waals surface area (Å²) in [4.78, 5) is 12.1. The van der Waals surface area contributed by atoms with Gasteiger partial charge < -0.3 is 0 Å². The molecule has 0 bridgehead atoms. The minimum Gasteiger partial charge on any atom is -0.278 e. The van der Waals surface area contributed by atoms with Gasteiger partial charge in [-0.15, -0.1) is 11.3 Å². The number of allylic oxidation sites excluding steroid dienone is 1. The van der Waals surface area contributed by atoms with E-state index < -0.39 is 0 Å². The lowest BCUT2D eigenvalue weighted by atomic mass is 9.82. The van der Waals surface area contributed by atoms with Crippen molar-refractivity contribution in [1.29, 1.82) is 0 Å². The van der Waals surface area contributed by atoms with Crippen LogP contribution in [0.4, 0.5) is 0 Å². The average molecular weight is 598 g/mol. The van der Waals surface area contributed by atoms with E-state index in [-0.39, 0.29) is 5.41 Å². The van der Waals surface area contributed by atoms with Crippen molar-refractivity contribution in [2.24, 2.45) is 0 Å². The molecular formula is C41H31N3S. The highest BCUT2D eigenvalue weighted by Crippen LogP contribution is 2.49. The number of thiophene rings is 1. The fraction of sp³-hybridized carbons (Fsp3) is 0.171. The van der Waals surface area contributed by atoms with Gasteiger partial charge in [0.25, 0.3) is 0 Å². The molecule has 0 aliphatic heterocycles. The van der Waals surface area contributed by atoms with Crippen molar-refractivity contribution in [2.75, 3.05) is 0 Å². The van der Waals surface area contributed by atoms with Crippen molar-refractivity contribution >= 4 is 61.5 Å². The van der Waals surface area contributed by atoms with Crippen molar-refractivity contribution in [1.82, 2.24) is 14.5 Å². The number of para-hydroxylation sites is 1. The summed E-state index contributed by atoms with van der Waals surface area (Å²) in [6.45, 7) is 4.69. The number of fused-ring (bicyclic) bond motifs is 11. The van der Waals surface area contributed by atoms with Gasteiger partial charge in [0.15, 0.2) is 0 Å². The van der Waals surface area contributed by atoms with E-state index in [0.717, 1.165) is 59.0 Å². The maximum absolute atomic E-state index is 5.46. The van der Waals surface area contributed by atoms with E-state index in [2.05, 4.69) is 122 Å². The van der Waals surface area contributed by atoms with E-state index >= 15 is 0 Å². The van der Waals surface area contributed by atoms with E-state index in [9.17, 15) is 0 Å². The summed E-state index contributed by atoms with van der Waals surface area (Å²) in [7, 11) is 0. The Kier molecular flexibility index (Phi) is 5.17. The molecule has 3 heterocycles. The predicted octanol–water partition coefficient (Wildman–Crippen LogP) is 9.08. The zero-order valence-electron chi connectivity index (χ0n) is 25.4. The summed E-state index contributed by atoms with van der Waals surface area (Å²) < 4.78 is 3.68. The van der Waals surface area contributed by atoms with Gasteiger partial charge in [-0.1, -0.05) is 92.7 Å². The van der Waals surface area contributed by atoms with Crippen LogP contribution in [0.3, 0.4) is 0 Å². The van der Waals surface area contributed by atoms with Gasteiger partial charge in [0.2, 0.25) is 5.95 Å². The second-order valence-electron chi connectivity index (χ2n) is 13.2. The van der Waals surface area contributed by atoms with Gasteiger partial charge >= 0.3 is 0 Å². The molecule has 4 heteroatoms. The van der Waals surface area contributed by atoms with Crippen LogP contribution < -0.4 is 10.6 Å². The number of aryl methyl sites for hydroxylation is 1. The molecule has 10 rings (SSSR count). The molecule has 0 N–H and O–H groups in total. The Balaban J connectivity index is 1.25. The molecule has 0 saturated heterocycles. The molecule has 0 amide bonds. The van der Waals surface area contributed by atoms with Gasteiger partial charge in [0.1, 0.15) is 0 Å². The number of nitrogens with zero attached hydrogens (tertiary/aromatic N) is 3. The molecule has 0 spiro atoms. The SMILES string of the molecule is CC1(C)c2ccccc2-c2ccc(-c3nc(-n4c5ccccc5c5c6sc7c(c6ccc54)CCC=C7)nc4c3=CCCC=4)cc21. The van der Waals surface area contributed by atoms with Crippen molar-refractivity contribution in [3.05, 3.63) is 117 Å². The number of benzene rings is 4. The van der Waals surface area contributed by atoms with Gasteiger partial charge in [0.05, 0.1) is 22.1 Å². The fourth-order valence-corrected chi connectivity index (χ4v) is 9.49. The summed E-state index contributed by atoms with van der Waals surface area (Å²) in [6, 6.07) is 29.2. The van der Waals surface area contributed by atoms with Crippen LogP contribution >= 0.6 is 11.3 Å². The Labute approximate surface area is 265 Å². The van der Waals surface area contributed by atoms with Gasteiger partial charge in [-0.3, -0.25) is 4.57 Å². The standard InChI is InChI=1S/C41H31N3S/c1-41(2)31-15-7-3-11-25(31)26-20-19-24(23-32(26)41)38-29-13-4-8-16-33(29)42-40(43-38)44-34-17-9-5-14-30(34)37-35(44)22-21-28-27-12-6-10-18-36(27)45-39(28)37/h3,5,7,9-11,13-23H,4,6,8,12H2,1-2H3. The zero-order chi connectivity index (χ0) is 29.9. The molecule has 3 aliphatic rings. The summed E-state index contributed by atoms with van der Waals surface area (Å²) >= 11 is 1.93. The molecule has 0 radical (unpaired) electrons. The largest absolute Gasteiger partial charge is 0.278 e. The molecule has 0 unspecified atom stereocenters. The first kappa shape index (κ1) is 25.5. The maximum atomic E-state index is 5.46. The number of rotatable bonds is 2. The van der Waals surface area contributed by atoms with Crippen LogP contribution in [0.5, 0.6) is 0 Å². The third-order valence-corrected chi connectivity index (χ3v) is 11.6. The monoisotopic (exact) mass is 597 g/mol. The Morgan fingerprint density at radius 2 is 1.60 bits per heavy atom. The number of hydrogen-bond acceptors (Lipinski definition) is 3. The Morgan fingerprint density at radius 1 is 0.756 bits per heavy atom.